The Morgan fingerprint density at radius 1 is 1.05 bits per heavy atom. The Kier molecular flexibility index (Phi) is 4.93. The van der Waals surface area contributed by atoms with Crippen LogP contribution in [0.25, 0.3) is 0 Å². The van der Waals surface area contributed by atoms with Gasteiger partial charge in [-0.3, -0.25) is 0 Å². The Bertz CT molecular complexity index is 746. The van der Waals surface area contributed by atoms with Gasteiger partial charge in [0.15, 0.2) is 0 Å². The van der Waals surface area contributed by atoms with E-state index >= 15 is 0 Å². The van der Waals surface area contributed by atoms with Crippen LogP contribution in [-0.4, -0.2) is 18.8 Å². The quantitative estimate of drug-likeness (QED) is 0.843. The van der Waals surface area contributed by atoms with Gasteiger partial charge in [0.1, 0.15) is 16.5 Å². The fraction of sp³-hybridized carbons (Fsp3) is 0.250. The second-order valence-electron chi connectivity index (χ2n) is 5.20. The third-order valence-electron chi connectivity index (χ3n) is 3.24. The van der Waals surface area contributed by atoms with Gasteiger partial charge < -0.3 is 0 Å². The maximum absolute atomic E-state index is 13.9. The molecule has 0 unspecified atom stereocenters. The van der Waals surface area contributed by atoms with Gasteiger partial charge in [-0.2, -0.15) is 4.31 Å². The lowest BCUT2D eigenvalue weighted by atomic mass is 10.2. The van der Waals surface area contributed by atoms with E-state index in [1.165, 1.54) is 0 Å². The molecule has 0 spiro atoms. The van der Waals surface area contributed by atoms with Crippen molar-refractivity contribution in [2.75, 3.05) is 0 Å². The average molecular weight is 325 g/mol. The lowest BCUT2D eigenvalue weighted by Gasteiger charge is -2.26. The van der Waals surface area contributed by atoms with E-state index in [1.807, 2.05) is 6.07 Å². The molecule has 0 bridgehead atoms. The van der Waals surface area contributed by atoms with E-state index in [-0.39, 0.29) is 6.54 Å². The molecule has 0 saturated heterocycles. The van der Waals surface area contributed by atoms with E-state index in [0.29, 0.717) is 6.07 Å². The van der Waals surface area contributed by atoms with Crippen molar-refractivity contribution in [3.8, 4) is 0 Å². The molecule has 6 heteroatoms. The van der Waals surface area contributed by atoms with Crippen LogP contribution in [0, 0.1) is 11.6 Å². The number of hydrogen-bond acceptors (Lipinski definition) is 2. The van der Waals surface area contributed by atoms with Gasteiger partial charge in [0.05, 0.1) is 0 Å². The molecule has 0 heterocycles. The van der Waals surface area contributed by atoms with Gasteiger partial charge in [0.2, 0.25) is 10.0 Å². The molecular weight excluding hydrogens is 308 g/mol. The molecular formula is C16H17F2NO2S. The van der Waals surface area contributed by atoms with Crippen LogP contribution < -0.4 is 0 Å². The van der Waals surface area contributed by atoms with Crippen LogP contribution in [0.4, 0.5) is 8.78 Å². The van der Waals surface area contributed by atoms with Crippen molar-refractivity contribution in [3.63, 3.8) is 0 Å². The summed E-state index contributed by atoms with van der Waals surface area (Å²) in [6.45, 7) is 3.48. The normalized spacial score (nSPS) is 12.1. The molecule has 0 aliphatic heterocycles. The highest BCUT2D eigenvalue weighted by Gasteiger charge is 2.30. The second kappa shape index (κ2) is 6.54. The van der Waals surface area contributed by atoms with E-state index in [2.05, 4.69) is 0 Å². The Labute approximate surface area is 129 Å². The lowest BCUT2D eigenvalue weighted by Crippen LogP contribution is -2.36. The minimum atomic E-state index is -4.13. The minimum absolute atomic E-state index is 0.0940. The molecule has 118 valence electrons. The highest BCUT2D eigenvalue weighted by Crippen LogP contribution is 2.24. The Balaban J connectivity index is 2.45. The van der Waals surface area contributed by atoms with E-state index in [4.69, 9.17) is 0 Å². The summed E-state index contributed by atoms with van der Waals surface area (Å²) in [5, 5.41) is 0. The average Bonchev–Trinajstić information content (AvgIpc) is 2.47. The van der Waals surface area contributed by atoms with Crippen LogP contribution >= 0.6 is 0 Å². The highest BCUT2D eigenvalue weighted by molar-refractivity contribution is 7.89. The smallest absolute Gasteiger partial charge is 0.207 e. The van der Waals surface area contributed by atoms with Crippen molar-refractivity contribution in [2.24, 2.45) is 0 Å². The van der Waals surface area contributed by atoms with E-state index in [9.17, 15) is 17.2 Å². The van der Waals surface area contributed by atoms with Gasteiger partial charge in [-0.1, -0.05) is 30.3 Å². The zero-order chi connectivity index (χ0) is 16.3. The first-order valence-electron chi connectivity index (χ1n) is 6.83. The van der Waals surface area contributed by atoms with E-state index < -0.39 is 32.6 Å². The summed E-state index contributed by atoms with van der Waals surface area (Å²) >= 11 is 0. The molecule has 0 aliphatic rings. The maximum atomic E-state index is 13.9. The van der Waals surface area contributed by atoms with Gasteiger partial charge in [0, 0.05) is 12.6 Å². The topological polar surface area (TPSA) is 37.4 Å². The molecule has 0 radical (unpaired) electrons. The molecule has 2 rings (SSSR count). The predicted octanol–water partition coefficient (Wildman–Crippen LogP) is 3.56. The number of sulfonamides is 1. The fourth-order valence-electron chi connectivity index (χ4n) is 2.11. The third-order valence-corrected chi connectivity index (χ3v) is 5.27. The summed E-state index contributed by atoms with van der Waals surface area (Å²) < 4.78 is 53.7. The summed E-state index contributed by atoms with van der Waals surface area (Å²) in [5.74, 6) is -1.75. The van der Waals surface area contributed by atoms with Crippen molar-refractivity contribution in [1.29, 1.82) is 0 Å². The van der Waals surface area contributed by atoms with E-state index in [1.54, 1.807) is 38.1 Å². The van der Waals surface area contributed by atoms with Crippen LogP contribution in [-0.2, 0) is 16.6 Å². The summed E-state index contributed by atoms with van der Waals surface area (Å²) in [5.41, 5.74) is 0.775. The summed E-state index contributed by atoms with van der Waals surface area (Å²) in [7, 11) is -4.13. The first-order valence-corrected chi connectivity index (χ1v) is 8.27. The van der Waals surface area contributed by atoms with Crippen LogP contribution in [0.5, 0.6) is 0 Å². The monoisotopic (exact) mass is 325 g/mol. The number of halogens is 2. The van der Waals surface area contributed by atoms with Crippen LogP contribution in [0.2, 0.25) is 0 Å². The number of nitrogens with zero attached hydrogens (tertiary/aromatic N) is 1. The van der Waals surface area contributed by atoms with Crippen molar-refractivity contribution in [1.82, 2.24) is 4.31 Å². The Morgan fingerprint density at radius 2 is 1.68 bits per heavy atom. The minimum Gasteiger partial charge on any atom is -0.207 e. The zero-order valence-electron chi connectivity index (χ0n) is 12.3. The number of benzene rings is 2. The SMILES string of the molecule is CC(C)N(Cc1ccccc1)S(=O)(=O)c1cc(F)ccc1F. The largest absolute Gasteiger partial charge is 0.246 e. The Morgan fingerprint density at radius 3 is 2.27 bits per heavy atom. The van der Waals surface area contributed by atoms with Crippen LogP contribution in [0.3, 0.4) is 0 Å². The Hall–Kier alpha value is -1.79. The van der Waals surface area contributed by atoms with Gasteiger partial charge in [0.25, 0.3) is 0 Å². The van der Waals surface area contributed by atoms with Gasteiger partial charge in [-0.05, 0) is 37.6 Å². The summed E-state index contributed by atoms with van der Waals surface area (Å²) in [4.78, 5) is -0.642. The van der Waals surface area contributed by atoms with Gasteiger partial charge in [-0.15, -0.1) is 0 Å². The second-order valence-corrected chi connectivity index (χ2v) is 7.06. The lowest BCUT2D eigenvalue weighted by molar-refractivity contribution is 0.346. The molecule has 3 nitrogen and oxygen atoms in total. The molecule has 0 N–H and O–H groups in total. The molecule has 0 atom stereocenters. The van der Waals surface area contributed by atoms with Crippen molar-refractivity contribution in [3.05, 3.63) is 65.7 Å². The van der Waals surface area contributed by atoms with Crippen LogP contribution in [0.1, 0.15) is 19.4 Å². The fourth-order valence-corrected chi connectivity index (χ4v) is 3.81. The van der Waals surface area contributed by atoms with Crippen molar-refractivity contribution < 1.29 is 17.2 Å². The maximum Gasteiger partial charge on any atom is 0.246 e. The standard InChI is InChI=1S/C16H17F2NO2S/c1-12(2)19(11-13-6-4-3-5-7-13)22(20,21)16-10-14(17)8-9-15(16)18/h3-10,12H,11H2,1-2H3. The predicted molar refractivity (Wildman–Crippen MR) is 80.7 cm³/mol. The molecule has 0 fully saturated rings. The number of hydrogen-bond donors (Lipinski definition) is 0. The van der Waals surface area contributed by atoms with Crippen LogP contribution in [0.15, 0.2) is 53.4 Å². The summed E-state index contributed by atoms with van der Waals surface area (Å²) in [6.07, 6.45) is 0. The van der Waals surface area contributed by atoms with Crippen molar-refractivity contribution >= 4 is 10.0 Å². The van der Waals surface area contributed by atoms with Crippen molar-refractivity contribution in [2.45, 2.75) is 31.3 Å². The molecule has 0 aromatic heterocycles. The summed E-state index contributed by atoms with van der Waals surface area (Å²) in [6, 6.07) is 11.0. The van der Waals surface area contributed by atoms with Gasteiger partial charge in [-0.25, -0.2) is 17.2 Å². The molecule has 0 aliphatic carbocycles. The first kappa shape index (κ1) is 16.6. The third kappa shape index (κ3) is 3.51. The van der Waals surface area contributed by atoms with Gasteiger partial charge >= 0.3 is 0 Å². The van der Waals surface area contributed by atoms with E-state index in [0.717, 1.165) is 22.0 Å². The molecule has 2 aromatic rings. The molecule has 2 aromatic carbocycles. The first-order chi connectivity index (χ1) is 10.3. The molecule has 22 heavy (non-hydrogen) atoms. The zero-order valence-corrected chi connectivity index (χ0v) is 13.1. The highest BCUT2D eigenvalue weighted by atomic mass is 32.2. The molecule has 0 saturated carbocycles. The number of rotatable bonds is 5. The molecule has 0 amide bonds.